The molecule has 0 bridgehead atoms. The quantitative estimate of drug-likeness (QED) is 0.585. The zero-order valence-corrected chi connectivity index (χ0v) is 10.3. The van der Waals surface area contributed by atoms with Crippen LogP contribution in [0.2, 0.25) is 0 Å². The Bertz CT molecular complexity index is 193. The molecular weight excluding hydrogens is 192 g/mol. The van der Waals surface area contributed by atoms with Gasteiger partial charge in [-0.2, -0.15) is 0 Å². The summed E-state index contributed by atoms with van der Waals surface area (Å²) < 4.78 is 0. The van der Waals surface area contributed by atoms with E-state index >= 15 is 0 Å². The van der Waals surface area contributed by atoms with Crippen molar-refractivity contribution in [2.45, 2.75) is 52.2 Å². The van der Waals surface area contributed by atoms with Crippen LogP contribution in [0.25, 0.3) is 0 Å². The van der Waals surface area contributed by atoms with Crippen LogP contribution in [0.3, 0.4) is 0 Å². The van der Waals surface area contributed by atoms with Gasteiger partial charge in [0.15, 0.2) is 0 Å². The highest BCUT2D eigenvalue weighted by Crippen LogP contribution is 2.05. The van der Waals surface area contributed by atoms with Crippen molar-refractivity contribution in [3.05, 3.63) is 0 Å². The van der Waals surface area contributed by atoms with Gasteiger partial charge in [0.25, 0.3) is 0 Å². The molecule has 4 nitrogen and oxygen atoms in total. The molecule has 0 saturated heterocycles. The minimum atomic E-state index is -0.795. The van der Waals surface area contributed by atoms with Crippen molar-refractivity contribution in [2.75, 3.05) is 13.1 Å². The molecule has 15 heavy (non-hydrogen) atoms. The molecule has 0 heterocycles. The molecule has 4 heteroatoms. The number of aliphatic hydroxyl groups is 1. The lowest BCUT2D eigenvalue weighted by atomic mass is 10.0. The number of nitrogens with one attached hydrogen (secondary N) is 2. The van der Waals surface area contributed by atoms with Gasteiger partial charge in [0.2, 0.25) is 5.91 Å². The number of rotatable bonds is 7. The second-order valence-electron chi connectivity index (χ2n) is 4.29. The van der Waals surface area contributed by atoms with Crippen LogP contribution in [-0.2, 0) is 4.79 Å². The van der Waals surface area contributed by atoms with Crippen molar-refractivity contribution in [3.8, 4) is 0 Å². The summed E-state index contributed by atoms with van der Waals surface area (Å²) in [6.45, 7) is 8.79. The molecule has 1 amide bonds. The summed E-state index contributed by atoms with van der Waals surface area (Å²) in [7, 11) is 0. The van der Waals surface area contributed by atoms with E-state index in [4.69, 9.17) is 0 Å². The van der Waals surface area contributed by atoms with Gasteiger partial charge in [-0.05, 0) is 26.8 Å². The van der Waals surface area contributed by atoms with Crippen LogP contribution in [0.5, 0.6) is 0 Å². The molecule has 0 aliphatic rings. The fraction of sp³-hybridized carbons (Fsp3) is 0.909. The van der Waals surface area contributed by atoms with Gasteiger partial charge in [0.05, 0.1) is 5.60 Å². The van der Waals surface area contributed by atoms with Crippen molar-refractivity contribution in [2.24, 2.45) is 0 Å². The van der Waals surface area contributed by atoms with E-state index in [9.17, 15) is 9.90 Å². The lowest BCUT2D eigenvalue weighted by molar-refractivity contribution is -0.122. The highest BCUT2D eigenvalue weighted by Gasteiger charge is 2.18. The molecular formula is C11H24N2O2. The van der Waals surface area contributed by atoms with Gasteiger partial charge < -0.3 is 15.7 Å². The predicted octanol–water partition coefficient (Wildman–Crippen LogP) is 0.652. The maximum absolute atomic E-state index is 11.4. The number of carbonyl (C=O) groups excluding carboxylic acids is 1. The second-order valence-corrected chi connectivity index (χ2v) is 4.29. The Balaban J connectivity index is 3.75. The van der Waals surface area contributed by atoms with Crippen molar-refractivity contribution in [1.82, 2.24) is 10.6 Å². The maximum Gasteiger partial charge on any atom is 0.221 e. The van der Waals surface area contributed by atoms with E-state index in [0.29, 0.717) is 19.4 Å². The molecule has 0 rings (SSSR count). The van der Waals surface area contributed by atoms with Gasteiger partial charge in [-0.25, -0.2) is 0 Å². The van der Waals surface area contributed by atoms with Crippen LogP contribution in [0.15, 0.2) is 0 Å². The number of hydrogen-bond acceptors (Lipinski definition) is 3. The molecule has 3 N–H and O–H groups in total. The summed E-state index contributed by atoms with van der Waals surface area (Å²) >= 11 is 0. The zero-order valence-electron chi connectivity index (χ0n) is 10.3. The van der Waals surface area contributed by atoms with Gasteiger partial charge in [-0.3, -0.25) is 4.79 Å². The first-order valence-electron chi connectivity index (χ1n) is 5.63. The Labute approximate surface area is 92.4 Å². The summed E-state index contributed by atoms with van der Waals surface area (Å²) in [5.74, 6) is -0.0165. The highest BCUT2D eigenvalue weighted by atomic mass is 16.3. The Morgan fingerprint density at radius 2 is 2.07 bits per heavy atom. The van der Waals surface area contributed by atoms with Gasteiger partial charge in [0.1, 0.15) is 0 Å². The van der Waals surface area contributed by atoms with Crippen molar-refractivity contribution in [1.29, 1.82) is 0 Å². The van der Waals surface area contributed by atoms with E-state index in [-0.39, 0.29) is 11.9 Å². The van der Waals surface area contributed by atoms with Crippen LogP contribution in [0, 0.1) is 0 Å². The second kappa shape index (κ2) is 6.80. The van der Waals surface area contributed by atoms with Gasteiger partial charge in [0, 0.05) is 19.0 Å². The Kier molecular flexibility index (Phi) is 6.52. The summed E-state index contributed by atoms with van der Waals surface area (Å²) in [6, 6.07) is 0.182. The first kappa shape index (κ1) is 14.4. The van der Waals surface area contributed by atoms with Crippen molar-refractivity contribution in [3.63, 3.8) is 0 Å². The number of amides is 1. The third-order valence-electron chi connectivity index (χ3n) is 2.47. The van der Waals surface area contributed by atoms with E-state index < -0.39 is 5.60 Å². The molecule has 0 radical (unpaired) electrons. The molecule has 0 fully saturated rings. The van der Waals surface area contributed by atoms with Crippen LogP contribution >= 0.6 is 0 Å². The smallest absolute Gasteiger partial charge is 0.221 e. The zero-order chi connectivity index (χ0) is 11.9. The standard InChI is InChI=1S/C11H24N2O2/c1-5-11(4,15)8-13-10(14)7-9(3)12-6-2/h9,12,15H,5-8H2,1-4H3,(H,13,14). The van der Waals surface area contributed by atoms with E-state index in [1.807, 2.05) is 20.8 Å². The van der Waals surface area contributed by atoms with E-state index in [1.165, 1.54) is 0 Å². The SMILES string of the molecule is CCNC(C)CC(=O)NCC(C)(O)CC. The third-order valence-corrected chi connectivity index (χ3v) is 2.47. The van der Waals surface area contributed by atoms with Crippen LogP contribution in [-0.4, -0.2) is 35.7 Å². The highest BCUT2D eigenvalue weighted by molar-refractivity contribution is 5.76. The largest absolute Gasteiger partial charge is 0.388 e. The molecule has 2 unspecified atom stereocenters. The molecule has 0 aromatic carbocycles. The monoisotopic (exact) mass is 216 g/mol. The third kappa shape index (κ3) is 7.33. The molecule has 0 aliphatic carbocycles. The molecule has 0 saturated carbocycles. The van der Waals surface area contributed by atoms with Crippen molar-refractivity contribution < 1.29 is 9.90 Å². The normalized spacial score (nSPS) is 16.9. The van der Waals surface area contributed by atoms with E-state index in [0.717, 1.165) is 6.54 Å². The summed E-state index contributed by atoms with van der Waals surface area (Å²) in [5.41, 5.74) is -0.795. The fourth-order valence-corrected chi connectivity index (χ4v) is 1.18. The number of hydrogen-bond donors (Lipinski definition) is 3. The average Bonchev–Trinajstić information content (AvgIpc) is 2.15. The summed E-state index contributed by atoms with van der Waals surface area (Å²) in [6.07, 6.45) is 1.09. The van der Waals surface area contributed by atoms with Gasteiger partial charge >= 0.3 is 0 Å². The van der Waals surface area contributed by atoms with Crippen LogP contribution in [0.1, 0.15) is 40.5 Å². The minimum absolute atomic E-state index is 0.0165. The molecule has 90 valence electrons. The van der Waals surface area contributed by atoms with E-state index in [2.05, 4.69) is 10.6 Å². The van der Waals surface area contributed by atoms with Crippen LogP contribution < -0.4 is 10.6 Å². The molecule has 0 aliphatic heterocycles. The molecule has 2 atom stereocenters. The summed E-state index contributed by atoms with van der Waals surface area (Å²) in [4.78, 5) is 11.4. The topological polar surface area (TPSA) is 61.4 Å². The fourth-order valence-electron chi connectivity index (χ4n) is 1.18. The number of carbonyl (C=O) groups is 1. The Hall–Kier alpha value is -0.610. The molecule has 0 aromatic heterocycles. The molecule has 0 aromatic rings. The van der Waals surface area contributed by atoms with Gasteiger partial charge in [-0.1, -0.05) is 13.8 Å². The maximum atomic E-state index is 11.4. The lowest BCUT2D eigenvalue weighted by Gasteiger charge is -2.22. The Morgan fingerprint density at radius 1 is 1.47 bits per heavy atom. The first-order chi connectivity index (χ1) is 6.91. The minimum Gasteiger partial charge on any atom is -0.388 e. The average molecular weight is 216 g/mol. The molecule has 0 spiro atoms. The first-order valence-corrected chi connectivity index (χ1v) is 5.63. The Morgan fingerprint density at radius 3 is 2.53 bits per heavy atom. The van der Waals surface area contributed by atoms with E-state index in [1.54, 1.807) is 6.92 Å². The summed E-state index contributed by atoms with van der Waals surface area (Å²) in [5, 5.41) is 15.6. The van der Waals surface area contributed by atoms with Crippen molar-refractivity contribution >= 4 is 5.91 Å². The van der Waals surface area contributed by atoms with Crippen LogP contribution in [0.4, 0.5) is 0 Å². The lowest BCUT2D eigenvalue weighted by Crippen LogP contribution is -2.42. The predicted molar refractivity (Wildman–Crippen MR) is 61.7 cm³/mol. The van der Waals surface area contributed by atoms with Gasteiger partial charge in [-0.15, -0.1) is 0 Å².